The van der Waals surface area contributed by atoms with Gasteiger partial charge in [0.2, 0.25) is 5.91 Å². The van der Waals surface area contributed by atoms with E-state index < -0.39 is 0 Å². The summed E-state index contributed by atoms with van der Waals surface area (Å²) < 4.78 is 4.80. The molecule has 0 spiro atoms. The second-order valence-electron chi connectivity index (χ2n) is 6.42. The molecule has 1 rings (SSSR count). The minimum absolute atomic E-state index is 0.00888. The van der Waals surface area contributed by atoms with Crippen LogP contribution >= 0.6 is 0 Å². The summed E-state index contributed by atoms with van der Waals surface area (Å²) in [6, 6.07) is 10.0. The van der Waals surface area contributed by atoms with Crippen molar-refractivity contribution in [2.75, 3.05) is 20.2 Å². The first-order chi connectivity index (χ1) is 11.4. The third kappa shape index (κ3) is 6.32. The average Bonchev–Trinajstić information content (AvgIpc) is 2.56. The number of amides is 1. The summed E-state index contributed by atoms with van der Waals surface area (Å²) in [5.74, 6) is -0.0531. The van der Waals surface area contributed by atoms with Crippen molar-refractivity contribution >= 4 is 11.9 Å². The molecule has 0 saturated heterocycles. The normalized spacial score (nSPS) is 13.6. The molecule has 24 heavy (non-hydrogen) atoms. The predicted molar refractivity (Wildman–Crippen MR) is 95.5 cm³/mol. The van der Waals surface area contributed by atoms with Crippen LogP contribution in [0.25, 0.3) is 0 Å². The van der Waals surface area contributed by atoms with Gasteiger partial charge in [0.1, 0.15) is 0 Å². The molecule has 0 fully saturated rings. The summed E-state index contributed by atoms with van der Waals surface area (Å²) in [7, 11) is 1.37. The van der Waals surface area contributed by atoms with Crippen molar-refractivity contribution in [2.45, 2.75) is 46.2 Å². The van der Waals surface area contributed by atoms with E-state index in [1.54, 1.807) is 0 Å². The van der Waals surface area contributed by atoms with Crippen molar-refractivity contribution in [1.29, 1.82) is 0 Å². The Labute approximate surface area is 145 Å². The molecule has 0 aliphatic carbocycles. The lowest BCUT2D eigenvalue weighted by atomic mass is 10.0. The monoisotopic (exact) mass is 334 g/mol. The van der Waals surface area contributed by atoms with Gasteiger partial charge in [-0.1, -0.05) is 51.1 Å². The standard InChI is InChI=1S/C19H30N2O3/c1-6-17(16-10-8-7-9-11-16)21(13-19(23)24-5)12-18(22)20-15(4)14(2)3/h7-11,14-15,17H,6,12-13H2,1-5H3,(H,20,22)/t15-,17-/m0/s1. The number of methoxy groups -OCH3 is 1. The molecule has 0 aliphatic rings. The van der Waals surface area contributed by atoms with Crippen molar-refractivity contribution in [2.24, 2.45) is 5.92 Å². The maximum absolute atomic E-state index is 12.4. The molecule has 0 bridgehead atoms. The highest BCUT2D eigenvalue weighted by Crippen LogP contribution is 2.23. The zero-order chi connectivity index (χ0) is 18.1. The Morgan fingerprint density at radius 3 is 2.25 bits per heavy atom. The number of carbonyl (C=O) groups is 2. The smallest absolute Gasteiger partial charge is 0.319 e. The molecule has 0 unspecified atom stereocenters. The minimum Gasteiger partial charge on any atom is -0.468 e. The number of esters is 1. The van der Waals surface area contributed by atoms with Gasteiger partial charge in [-0.25, -0.2) is 0 Å². The lowest BCUT2D eigenvalue weighted by Gasteiger charge is -2.30. The van der Waals surface area contributed by atoms with Gasteiger partial charge in [-0.05, 0) is 24.8 Å². The Kier molecular flexibility index (Phi) is 8.47. The molecule has 0 saturated carbocycles. The van der Waals surface area contributed by atoms with Crippen LogP contribution in [-0.2, 0) is 14.3 Å². The highest BCUT2D eigenvalue weighted by molar-refractivity contribution is 5.79. The van der Waals surface area contributed by atoms with Crippen molar-refractivity contribution in [1.82, 2.24) is 10.2 Å². The van der Waals surface area contributed by atoms with Gasteiger partial charge in [0.15, 0.2) is 0 Å². The fraction of sp³-hybridized carbons (Fsp3) is 0.579. The molecule has 2 atom stereocenters. The largest absolute Gasteiger partial charge is 0.468 e. The van der Waals surface area contributed by atoms with Gasteiger partial charge in [-0.15, -0.1) is 0 Å². The van der Waals surface area contributed by atoms with E-state index in [9.17, 15) is 9.59 Å². The molecule has 0 radical (unpaired) electrons. The Bertz CT molecular complexity index is 517. The number of carbonyl (C=O) groups excluding carboxylic acids is 2. The molecule has 0 heterocycles. The van der Waals surface area contributed by atoms with E-state index >= 15 is 0 Å². The van der Waals surface area contributed by atoms with Crippen LogP contribution in [0.15, 0.2) is 30.3 Å². The maximum Gasteiger partial charge on any atom is 0.319 e. The Morgan fingerprint density at radius 2 is 1.75 bits per heavy atom. The van der Waals surface area contributed by atoms with Crippen molar-refractivity contribution in [3.8, 4) is 0 Å². The molecule has 134 valence electrons. The van der Waals surface area contributed by atoms with Gasteiger partial charge in [0.25, 0.3) is 0 Å². The number of benzene rings is 1. The van der Waals surface area contributed by atoms with Gasteiger partial charge < -0.3 is 10.1 Å². The van der Waals surface area contributed by atoms with Crippen molar-refractivity contribution in [3.05, 3.63) is 35.9 Å². The molecule has 5 nitrogen and oxygen atoms in total. The maximum atomic E-state index is 12.4. The lowest BCUT2D eigenvalue weighted by molar-refractivity contribution is -0.143. The fourth-order valence-corrected chi connectivity index (χ4v) is 2.54. The molecule has 1 amide bonds. The number of nitrogens with zero attached hydrogens (tertiary/aromatic N) is 1. The minimum atomic E-state index is -0.339. The van der Waals surface area contributed by atoms with E-state index in [-0.39, 0.29) is 37.0 Å². The summed E-state index contributed by atoms with van der Waals surface area (Å²) in [5.41, 5.74) is 1.09. The summed E-state index contributed by atoms with van der Waals surface area (Å²) in [6.07, 6.45) is 0.800. The molecule has 1 N–H and O–H groups in total. The van der Waals surface area contributed by atoms with Gasteiger partial charge in [0, 0.05) is 12.1 Å². The summed E-state index contributed by atoms with van der Waals surface area (Å²) in [4.78, 5) is 26.1. The lowest BCUT2D eigenvalue weighted by Crippen LogP contribution is -2.45. The van der Waals surface area contributed by atoms with E-state index in [1.807, 2.05) is 42.2 Å². The van der Waals surface area contributed by atoms with Crippen LogP contribution in [0, 0.1) is 5.92 Å². The summed E-state index contributed by atoms with van der Waals surface area (Å²) in [5, 5.41) is 3.00. The molecular formula is C19H30N2O3. The van der Waals surface area contributed by atoms with E-state index in [0.717, 1.165) is 12.0 Å². The topological polar surface area (TPSA) is 58.6 Å². The highest BCUT2D eigenvalue weighted by Gasteiger charge is 2.24. The molecule has 1 aromatic rings. The first kappa shape index (κ1) is 20.2. The number of hydrogen-bond acceptors (Lipinski definition) is 4. The van der Waals surface area contributed by atoms with Crippen molar-refractivity contribution < 1.29 is 14.3 Å². The third-order valence-electron chi connectivity index (χ3n) is 4.31. The number of hydrogen-bond donors (Lipinski definition) is 1. The zero-order valence-electron chi connectivity index (χ0n) is 15.4. The van der Waals surface area contributed by atoms with Crippen LogP contribution < -0.4 is 5.32 Å². The number of nitrogens with one attached hydrogen (secondary N) is 1. The van der Waals surface area contributed by atoms with E-state index in [0.29, 0.717) is 5.92 Å². The van der Waals surface area contributed by atoms with Gasteiger partial charge >= 0.3 is 5.97 Å². The number of ether oxygens (including phenoxy) is 1. The van der Waals surface area contributed by atoms with Crippen LogP contribution in [0.2, 0.25) is 0 Å². The van der Waals surface area contributed by atoms with Gasteiger partial charge in [-0.3, -0.25) is 14.5 Å². The van der Waals surface area contributed by atoms with Gasteiger partial charge in [-0.2, -0.15) is 0 Å². The molecule has 0 aliphatic heterocycles. The Hall–Kier alpha value is -1.88. The second-order valence-corrected chi connectivity index (χ2v) is 6.42. The van der Waals surface area contributed by atoms with E-state index in [1.165, 1.54) is 7.11 Å². The van der Waals surface area contributed by atoms with Crippen LogP contribution in [0.5, 0.6) is 0 Å². The zero-order valence-corrected chi connectivity index (χ0v) is 15.4. The van der Waals surface area contributed by atoms with Crippen LogP contribution in [0.1, 0.15) is 45.7 Å². The van der Waals surface area contributed by atoms with Gasteiger partial charge in [0.05, 0.1) is 20.2 Å². The summed E-state index contributed by atoms with van der Waals surface area (Å²) >= 11 is 0. The van der Waals surface area contributed by atoms with E-state index in [2.05, 4.69) is 26.1 Å². The highest BCUT2D eigenvalue weighted by atomic mass is 16.5. The molecule has 5 heteroatoms. The number of rotatable bonds is 9. The first-order valence-electron chi connectivity index (χ1n) is 8.54. The van der Waals surface area contributed by atoms with Crippen LogP contribution in [-0.4, -0.2) is 43.0 Å². The molecular weight excluding hydrogens is 304 g/mol. The fourth-order valence-electron chi connectivity index (χ4n) is 2.54. The van der Waals surface area contributed by atoms with Crippen molar-refractivity contribution in [3.63, 3.8) is 0 Å². The third-order valence-corrected chi connectivity index (χ3v) is 4.31. The van der Waals surface area contributed by atoms with E-state index in [4.69, 9.17) is 4.74 Å². The second kappa shape index (κ2) is 10.1. The summed E-state index contributed by atoms with van der Waals surface area (Å²) in [6.45, 7) is 8.43. The predicted octanol–water partition coefficient (Wildman–Crippen LogP) is 2.77. The quantitative estimate of drug-likeness (QED) is 0.706. The molecule has 0 aromatic heterocycles. The molecule has 1 aromatic carbocycles. The average molecular weight is 334 g/mol. The SMILES string of the molecule is CC[C@@H](c1ccccc1)N(CC(=O)N[C@@H](C)C(C)C)CC(=O)OC. The van der Waals surface area contributed by atoms with Crippen LogP contribution in [0.3, 0.4) is 0 Å². The first-order valence-corrected chi connectivity index (χ1v) is 8.54. The Morgan fingerprint density at radius 1 is 1.12 bits per heavy atom. The van der Waals surface area contributed by atoms with Crippen LogP contribution in [0.4, 0.5) is 0 Å². The Balaban J connectivity index is 2.90.